The number of thiophene rings is 1. The number of benzene rings is 1. The van der Waals surface area contributed by atoms with E-state index in [0.29, 0.717) is 33.9 Å². The zero-order valence-electron chi connectivity index (χ0n) is 22.4. The number of aromatic nitrogens is 3. The molecule has 2 amide bonds. The molecular weight excluding hydrogens is 572 g/mol. The number of primary amides is 1. The Kier molecular flexibility index (Phi) is 7.72. The van der Waals surface area contributed by atoms with Crippen LogP contribution >= 0.6 is 11.3 Å². The number of fused-ring (bicyclic) bond motifs is 1. The standard InChI is InChI=1S/C28H23F2N5O6S/c1-13-18(11-35(2)34-13)17-10-19(24(29)30)32-27-21(17)22(23(42-27)25(31)36)33-26(37)20-9-8-16(41-20)12-40-15-6-4-14(5-7-15)28(38)39-3/h4-11,24H,12H2,1-3H3,(H2,31,36)(H,33,37). The number of nitrogens with zero attached hydrogens (tertiary/aromatic N) is 3. The van der Waals surface area contributed by atoms with Crippen molar-refractivity contribution < 1.29 is 37.1 Å². The molecule has 0 aliphatic heterocycles. The van der Waals surface area contributed by atoms with Crippen LogP contribution in [0, 0.1) is 6.92 Å². The van der Waals surface area contributed by atoms with Gasteiger partial charge in [0, 0.05) is 24.2 Å². The first kappa shape index (κ1) is 28.4. The number of nitrogens with one attached hydrogen (secondary N) is 1. The van der Waals surface area contributed by atoms with Crippen molar-refractivity contribution in [2.75, 3.05) is 12.4 Å². The van der Waals surface area contributed by atoms with E-state index in [2.05, 4.69) is 20.1 Å². The minimum Gasteiger partial charge on any atom is -0.486 e. The van der Waals surface area contributed by atoms with E-state index < -0.39 is 29.9 Å². The molecule has 0 fully saturated rings. The smallest absolute Gasteiger partial charge is 0.337 e. The van der Waals surface area contributed by atoms with Crippen LogP contribution in [0.3, 0.4) is 0 Å². The van der Waals surface area contributed by atoms with Crippen molar-refractivity contribution >= 4 is 45.0 Å². The number of hydrogen-bond acceptors (Lipinski definition) is 9. The van der Waals surface area contributed by atoms with Gasteiger partial charge >= 0.3 is 5.97 Å². The molecule has 11 nitrogen and oxygen atoms in total. The number of methoxy groups -OCH3 is 1. The topological polar surface area (TPSA) is 152 Å². The van der Waals surface area contributed by atoms with Gasteiger partial charge in [0.25, 0.3) is 18.2 Å². The predicted molar refractivity (Wildman–Crippen MR) is 149 cm³/mol. The highest BCUT2D eigenvalue weighted by Crippen LogP contribution is 2.43. The molecular formula is C28H23F2N5O6S. The third kappa shape index (κ3) is 5.56. The van der Waals surface area contributed by atoms with Crippen LogP contribution in [0.5, 0.6) is 5.75 Å². The molecule has 0 aliphatic rings. The SMILES string of the molecule is COC(=O)c1ccc(OCc2ccc(C(=O)Nc3c(C(N)=O)sc4nc(C(F)F)cc(-c5cn(C)nc5C)c34)o2)cc1. The largest absolute Gasteiger partial charge is 0.486 e. The number of carbonyl (C=O) groups excluding carboxylic acids is 3. The molecule has 14 heteroatoms. The second-order valence-electron chi connectivity index (χ2n) is 9.07. The lowest BCUT2D eigenvalue weighted by Crippen LogP contribution is -2.16. The molecule has 42 heavy (non-hydrogen) atoms. The molecule has 0 aliphatic carbocycles. The third-order valence-corrected chi connectivity index (χ3v) is 7.31. The van der Waals surface area contributed by atoms with Gasteiger partial charge in [-0.2, -0.15) is 5.10 Å². The molecule has 0 spiro atoms. The molecule has 0 radical (unpaired) electrons. The molecule has 4 heterocycles. The summed E-state index contributed by atoms with van der Waals surface area (Å²) in [7, 11) is 2.97. The van der Waals surface area contributed by atoms with Crippen LogP contribution in [0.15, 0.2) is 53.1 Å². The molecule has 4 aromatic heterocycles. The van der Waals surface area contributed by atoms with E-state index in [1.54, 1.807) is 50.5 Å². The third-order valence-electron chi connectivity index (χ3n) is 6.21. The van der Waals surface area contributed by atoms with E-state index in [9.17, 15) is 23.2 Å². The van der Waals surface area contributed by atoms with Gasteiger partial charge in [-0.3, -0.25) is 14.3 Å². The van der Waals surface area contributed by atoms with Crippen LogP contribution in [0.4, 0.5) is 14.5 Å². The van der Waals surface area contributed by atoms with Crippen molar-refractivity contribution in [3.63, 3.8) is 0 Å². The molecule has 5 aromatic rings. The fourth-order valence-corrected chi connectivity index (χ4v) is 5.32. The van der Waals surface area contributed by atoms with Crippen molar-refractivity contribution in [2.24, 2.45) is 12.8 Å². The Balaban J connectivity index is 1.44. The number of carbonyl (C=O) groups is 3. The predicted octanol–water partition coefficient (Wildman–Crippen LogP) is 5.25. The molecule has 0 bridgehead atoms. The highest BCUT2D eigenvalue weighted by atomic mass is 32.1. The number of pyridine rings is 1. The van der Waals surface area contributed by atoms with Crippen molar-refractivity contribution in [3.05, 3.63) is 82.0 Å². The number of anilines is 1. The molecule has 1 aromatic carbocycles. The van der Waals surface area contributed by atoms with E-state index in [4.69, 9.17) is 14.9 Å². The first-order valence-electron chi connectivity index (χ1n) is 12.3. The zero-order chi connectivity index (χ0) is 30.1. The number of alkyl halides is 2. The average molecular weight is 596 g/mol. The number of aryl methyl sites for hydroxylation is 2. The highest BCUT2D eigenvalue weighted by Gasteiger charge is 2.27. The highest BCUT2D eigenvalue weighted by molar-refractivity contribution is 7.21. The maximum atomic E-state index is 13.8. The van der Waals surface area contributed by atoms with Gasteiger partial charge in [-0.1, -0.05) is 0 Å². The molecule has 0 saturated heterocycles. The number of ether oxygens (including phenoxy) is 2. The van der Waals surface area contributed by atoms with E-state index >= 15 is 0 Å². The molecule has 0 saturated carbocycles. The number of halogens is 2. The summed E-state index contributed by atoms with van der Waals surface area (Å²) in [5, 5.41) is 7.23. The zero-order valence-corrected chi connectivity index (χ0v) is 23.3. The number of nitrogens with two attached hydrogens (primary N) is 1. The molecule has 216 valence electrons. The molecule has 3 N–H and O–H groups in total. The van der Waals surface area contributed by atoms with Gasteiger partial charge in [-0.05, 0) is 55.0 Å². The Morgan fingerprint density at radius 2 is 1.88 bits per heavy atom. The van der Waals surface area contributed by atoms with Crippen molar-refractivity contribution in [2.45, 2.75) is 20.0 Å². The second kappa shape index (κ2) is 11.4. The summed E-state index contributed by atoms with van der Waals surface area (Å²) in [4.78, 5) is 41.3. The average Bonchev–Trinajstić information content (AvgIpc) is 3.68. The number of hydrogen-bond donors (Lipinski definition) is 2. The van der Waals surface area contributed by atoms with E-state index in [-0.39, 0.29) is 33.1 Å². The van der Waals surface area contributed by atoms with Gasteiger partial charge in [0.2, 0.25) is 0 Å². The normalized spacial score (nSPS) is 11.2. The first-order chi connectivity index (χ1) is 20.0. The summed E-state index contributed by atoms with van der Waals surface area (Å²) in [5.74, 6) is -1.38. The Bertz CT molecular complexity index is 1830. The fraction of sp³-hybridized carbons (Fsp3) is 0.179. The number of amides is 2. The Morgan fingerprint density at radius 1 is 1.14 bits per heavy atom. The minimum absolute atomic E-state index is 0.0243. The monoisotopic (exact) mass is 595 g/mol. The van der Waals surface area contributed by atoms with Crippen molar-refractivity contribution in [3.8, 4) is 16.9 Å². The summed E-state index contributed by atoms with van der Waals surface area (Å²) in [6.07, 6.45) is -1.23. The van der Waals surface area contributed by atoms with Crippen LogP contribution in [0.1, 0.15) is 54.2 Å². The van der Waals surface area contributed by atoms with Crippen molar-refractivity contribution in [1.29, 1.82) is 0 Å². The lowest BCUT2D eigenvalue weighted by atomic mass is 10.0. The Labute approximate surface area is 240 Å². The van der Waals surface area contributed by atoms with Crippen LogP contribution < -0.4 is 15.8 Å². The van der Waals surface area contributed by atoms with Gasteiger partial charge in [-0.25, -0.2) is 18.6 Å². The lowest BCUT2D eigenvalue weighted by molar-refractivity contribution is 0.0600. The van der Waals surface area contributed by atoms with Gasteiger partial charge < -0.3 is 24.9 Å². The van der Waals surface area contributed by atoms with Crippen LogP contribution in [-0.4, -0.2) is 39.7 Å². The first-order valence-corrected chi connectivity index (χ1v) is 13.1. The van der Waals surface area contributed by atoms with Gasteiger partial charge in [0.1, 0.15) is 33.5 Å². The summed E-state index contributed by atoms with van der Waals surface area (Å²) >= 11 is 0.797. The van der Waals surface area contributed by atoms with Gasteiger partial charge in [0.05, 0.1) is 24.1 Å². The fourth-order valence-electron chi connectivity index (χ4n) is 4.31. The minimum atomic E-state index is -2.88. The van der Waals surface area contributed by atoms with E-state index in [1.807, 2.05) is 0 Å². The summed E-state index contributed by atoms with van der Waals surface area (Å²) < 4.78 is 45.0. The van der Waals surface area contributed by atoms with Gasteiger partial charge in [-0.15, -0.1) is 11.3 Å². The number of rotatable bonds is 9. The number of esters is 1. The molecule has 0 unspecified atom stereocenters. The Morgan fingerprint density at radius 3 is 2.50 bits per heavy atom. The summed E-state index contributed by atoms with van der Waals surface area (Å²) in [6, 6.07) is 10.4. The lowest BCUT2D eigenvalue weighted by Gasteiger charge is -2.10. The molecule has 5 rings (SSSR count). The van der Waals surface area contributed by atoms with Crippen LogP contribution in [0.25, 0.3) is 21.3 Å². The van der Waals surface area contributed by atoms with E-state index in [0.717, 1.165) is 11.3 Å². The summed E-state index contributed by atoms with van der Waals surface area (Å²) in [6.45, 7) is 1.69. The van der Waals surface area contributed by atoms with E-state index in [1.165, 1.54) is 23.9 Å². The quantitative estimate of drug-likeness (QED) is 0.219. The van der Waals surface area contributed by atoms with Crippen molar-refractivity contribution in [1.82, 2.24) is 14.8 Å². The van der Waals surface area contributed by atoms with Crippen LogP contribution in [0.2, 0.25) is 0 Å². The van der Waals surface area contributed by atoms with Gasteiger partial charge in [0.15, 0.2) is 5.76 Å². The maximum absolute atomic E-state index is 13.8. The van der Waals surface area contributed by atoms with Crippen LogP contribution in [-0.2, 0) is 18.4 Å². The number of furan rings is 1. The maximum Gasteiger partial charge on any atom is 0.337 e. The second-order valence-corrected chi connectivity index (χ2v) is 10.1. The Hall–Kier alpha value is -5.11. The molecule has 0 atom stereocenters. The summed E-state index contributed by atoms with van der Waals surface area (Å²) in [5.41, 5.74) is 6.88.